The predicted octanol–water partition coefficient (Wildman–Crippen LogP) is 1.80. The lowest BCUT2D eigenvalue weighted by molar-refractivity contribution is -0.115. The largest absolute Gasteiger partial charge is 0.369 e. The van der Waals surface area contributed by atoms with Crippen molar-refractivity contribution in [1.82, 2.24) is 0 Å². The summed E-state index contributed by atoms with van der Waals surface area (Å²) in [4.78, 5) is 14.0. The minimum atomic E-state index is 0.0924. The van der Waals surface area contributed by atoms with Crippen LogP contribution >= 0.6 is 0 Å². The van der Waals surface area contributed by atoms with Crippen molar-refractivity contribution in [2.75, 3.05) is 29.9 Å². The van der Waals surface area contributed by atoms with Gasteiger partial charge in [-0.1, -0.05) is 0 Å². The Bertz CT molecular complexity index is 457. The maximum absolute atomic E-state index is 11.7. The predicted molar refractivity (Wildman–Crippen MR) is 75.0 cm³/mol. The van der Waals surface area contributed by atoms with Gasteiger partial charge in [-0.05, 0) is 50.1 Å². The Morgan fingerprint density at radius 1 is 1.33 bits per heavy atom. The van der Waals surface area contributed by atoms with Gasteiger partial charge in [0.15, 0.2) is 0 Å². The molecule has 0 atom stereocenters. The van der Waals surface area contributed by atoms with Gasteiger partial charge in [0, 0.05) is 19.5 Å². The number of fused-ring (bicyclic) bond motifs is 1. The molecule has 1 aromatic carbocycles. The molecule has 1 heterocycles. The van der Waals surface area contributed by atoms with Crippen LogP contribution in [0.5, 0.6) is 0 Å². The topological polar surface area (TPSA) is 58.4 Å². The van der Waals surface area contributed by atoms with Crippen LogP contribution in [0.25, 0.3) is 0 Å². The molecule has 0 fully saturated rings. The Morgan fingerprint density at radius 2 is 2.06 bits per heavy atom. The molecule has 0 radical (unpaired) electrons. The van der Waals surface area contributed by atoms with Crippen molar-refractivity contribution in [1.29, 1.82) is 0 Å². The first kappa shape index (κ1) is 12.9. The summed E-state index contributed by atoms with van der Waals surface area (Å²) in [5, 5.41) is 2.98. The average Bonchev–Trinajstić information content (AvgIpc) is 2.47. The molecular formula is C14H21N3O. The lowest BCUT2D eigenvalue weighted by Crippen LogP contribution is -2.27. The van der Waals surface area contributed by atoms with Crippen LogP contribution in [-0.4, -0.2) is 25.5 Å². The molecule has 1 aliphatic rings. The standard InChI is InChI=1S/C14H21N3O/c1-10-8-12-13(9-11(10)2)17(6-3-5-15)7-4-14(18)16-12/h8-9H,3-7,15H2,1-2H3,(H,16,18). The number of rotatable bonds is 3. The van der Waals surface area contributed by atoms with E-state index in [9.17, 15) is 4.79 Å². The summed E-state index contributed by atoms with van der Waals surface area (Å²) < 4.78 is 0. The lowest BCUT2D eigenvalue weighted by Gasteiger charge is -2.24. The molecule has 0 aliphatic carbocycles. The molecule has 1 aliphatic heterocycles. The van der Waals surface area contributed by atoms with Crippen LogP contribution in [0.3, 0.4) is 0 Å². The van der Waals surface area contributed by atoms with Crippen molar-refractivity contribution in [3.05, 3.63) is 23.3 Å². The summed E-state index contributed by atoms with van der Waals surface area (Å²) in [6.45, 7) is 6.51. The van der Waals surface area contributed by atoms with Crippen molar-refractivity contribution < 1.29 is 4.79 Å². The number of aryl methyl sites for hydroxylation is 2. The molecule has 4 heteroatoms. The molecule has 0 bridgehead atoms. The number of nitrogens with two attached hydrogens (primary N) is 1. The summed E-state index contributed by atoms with van der Waals surface area (Å²) in [5.74, 6) is 0.0924. The maximum Gasteiger partial charge on any atom is 0.226 e. The van der Waals surface area contributed by atoms with Crippen molar-refractivity contribution in [3.63, 3.8) is 0 Å². The van der Waals surface area contributed by atoms with Gasteiger partial charge in [-0.15, -0.1) is 0 Å². The Balaban J connectivity index is 2.36. The van der Waals surface area contributed by atoms with Crippen LogP contribution in [0, 0.1) is 13.8 Å². The summed E-state index contributed by atoms with van der Waals surface area (Å²) in [6, 6.07) is 4.22. The van der Waals surface area contributed by atoms with Crippen LogP contribution in [0.1, 0.15) is 24.0 Å². The number of carbonyl (C=O) groups excluding carboxylic acids is 1. The monoisotopic (exact) mass is 247 g/mol. The van der Waals surface area contributed by atoms with Crippen LogP contribution < -0.4 is 16.0 Å². The summed E-state index contributed by atoms with van der Waals surface area (Å²) >= 11 is 0. The zero-order valence-corrected chi connectivity index (χ0v) is 11.1. The van der Waals surface area contributed by atoms with Gasteiger partial charge in [-0.3, -0.25) is 4.79 Å². The number of benzene rings is 1. The first-order chi connectivity index (χ1) is 8.61. The van der Waals surface area contributed by atoms with Gasteiger partial charge < -0.3 is 16.0 Å². The normalized spacial score (nSPS) is 15.1. The van der Waals surface area contributed by atoms with E-state index in [1.54, 1.807) is 0 Å². The third-order valence-corrected chi connectivity index (χ3v) is 3.47. The number of hydrogen-bond donors (Lipinski definition) is 2. The molecule has 4 nitrogen and oxygen atoms in total. The summed E-state index contributed by atoms with van der Waals surface area (Å²) in [6.07, 6.45) is 1.48. The van der Waals surface area contributed by atoms with Crippen LogP contribution in [-0.2, 0) is 4.79 Å². The first-order valence-corrected chi connectivity index (χ1v) is 6.48. The Hall–Kier alpha value is -1.55. The highest BCUT2D eigenvalue weighted by atomic mass is 16.1. The second kappa shape index (κ2) is 5.40. The highest BCUT2D eigenvalue weighted by Crippen LogP contribution is 2.31. The van der Waals surface area contributed by atoms with Gasteiger partial charge in [0.05, 0.1) is 11.4 Å². The smallest absolute Gasteiger partial charge is 0.226 e. The average molecular weight is 247 g/mol. The fourth-order valence-electron chi connectivity index (χ4n) is 2.25. The van der Waals surface area contributed by atoms with Gasteiger partial charge in [-0.2, -0.15) is 0 Å². The van der Waals surface area contributed by atoms with Crippen LogP contribution in [0.15, 0.2) is 12.1 Å². The molecule has 0 saturated carbocycles. The molecule has 0 aromatic heterocycles. The lowest BCUT2D eigenvalue weighted by atomic mass is 10.1. The number of nitrogens with one attached hydrogen (secondary N) is 1. The third kappa shape index (κ3) is 2.64. The minimum absolute atomic E-state index is 0.0924. The van der Waals surface area contributed by atoms with E-state index < -0.39 is 0 Å². The van der Waals surface area contributed by atoms with E-state index in [1.165, 1.54) is 11.1 Å². The molecule has 0 spiro atoms. The zero-order chi connectivity index (χ0) is 13.1. The summed E-state index contributed by atoms with van der Waals surface area (Å²) in [5.41, 5.74) is 10.1. The van der Waals surface area contributed by atoms with E-state index >= 15 is 0 Å². The van der Waals surface area contributed by atoms with E-state index in [1.807, 2.05) is 0 Å². The fraction of sp³-hybridized carbons (Fsp3) is 0.500. The number of hydrogen-bond acceptors (Lipinski definition) is 3. The van der Waals surface area contributed by atoms with E-state index in [0.717, 1.165) is 30.9 Å². The second-order valence-electron chi connectivity index (χ2n) is 4.88. The van der Waals surface area contributed by atoms with Crippen molar-refractivity contribution in [3.8, 4) is 0 Å². The number of anilines is 2. The van der Waals surface area contributed by atoms with Crippen LogP contribution in [0.2, 0.25) is 0 Å². The highest BCUT2D eigenvalue weighted by Gasteiger charge is 2.19. The molecule has 2 rings (SSSR count). The second-order valence-corrected chi connectivity index (χ2v) is 4.88. The SMILES string of the molecule is Cc1cc2c(cc1C)N(CCCN)CCC(=O)N2. The van der Waals surface area contributed by atoms with E-state index in [0.29, 0.717) is 13.0 Å². The van der Waals surface area contributed by atoms with Crippen molar-refractivity contribution >= 4 is 17.3 Å². The Labute approximate surface area is 108 Å². The van der Waals surface area contributed by atoms with Crippen LogP contribution in [0.4, 0.5) is 11.4 Å². The third-order valence-electron chi connectivity index (χ3n) is 3.47. The fourth-order valence-corrected chi connectivity index (χ4v) is 2.25. The van der Waals surface area contributed by atoms with Gasteiger partial charge in [0.1, 0.15) is 0 Å². The van der Waals surface area contributed by atoms with Gasteiger partial charge in [-0.25, -0.2) is 0 Å². The maximum atomic E-state index is 11.7. The van der Waals surface area contributed by atoms with E-state index in [-0.39, 0.29) is 5.91 Å². The molecule has 18 heavy (non-hydrogen) atoms. The molecular weight excluding hydrogens is 226 g/mol. The van der Waals surface area contributed by atoms with Gasteiger partial charge >= 0.3 is 0 Å². The number of carbonyl (C=O) groups is 1. The van der Waals surface area contributed by atoms with Crippen molar-refractivity contribution in [2.24, 2.45) is 5.73 Å². The minimum Gasteiger partial charge on any atom is -0.369 e. The molecule has 1 aromatic rings. The van der Waals surface area contributed by atoms with Gasteiger partial charge in [0.25, 0.3) is 0 Å². The summed E-state index contributed by atoms with van der Waals surface area (Å²) in [7, 11) is 0. The molecule has 1 amide bonds. The highest BCUT2D eigenvalue weighted by molar-refractivity contribution is 5.96. The zero-order valence-electron chi connectivity index (χ0n) is 11.1. The molecule has 0 saturated heterocycles. The van der Waals surface area contributed by atoms with E-state index in [2.05, 4.69) is 36.2 Å². The molecule has 0 unspecified atom stereocenters. The molecule has 98 valence electrons. The molecule has 3 N–H and O–H groups in total. The first-order valence-electron chi connectivity index (χ1n) is 6.48. The Kier molecular flexibility index (Phi) is 3.87. The number of nitrogens with zero attached hydrogens (tertiary/aromatic N) is 1. The number of amides is 1. The van der Waals surface area contributed by atoms with Crippen molar-refractivity contribution in [2.45, 2.75) is 26.7 Å². The van der Waals surface area contributed by atoms with Gasteiger partial charge in [0.2, 0.25) is 5.91 Å². The quantitative estimate of drug-likeness (QED) is 0.856. The van der Waals surface area contributed by atoms with E-state index in [4.69, 9.17) is 5.73 Å². The Morgan fingerprint density at radius 3 is 2.78 bits per heavy atom.